The second-order valence-electron chi connectivity index (χ2n) is 5.31. The minimum atomic E-state index is -3.74. The lowest BCUT2D eigenvalue weighted by Crippen LogP contribution is -2.15. The molecule has 1 rings (SSSR count). The molecule has 0 unspecified atom stereocenters. The molecule has 0 aliphatic heterocycles. The Bertz CT molecular complexity index is 538. The van der Waals surface area contributed by atoms with Gasteiger partial charge in [0.25, 0.3) is 0 Å². The van der Waals surface area contributed by atoms with Crippen LogP contribution in [-0.4, -0.2) is 13.5 Å². The number of sulfonamides is 1. The van der Waals surface area contributed by atoms with Crippen LogP contribution in [0.2, 0.25) is 0 Å². The Morgan fingerprint density at radius 1 is 1.10 bits per heavy atom. The molecule has 0 aromatic heterocycles. The SMILES string of the molecule is CCCCCCCCc1cc(O)c(C)cc1S(N)(=O)=O. The van der Waals surface area contributed by atoms with Crippen LogP contribution in [0.5, 0.6) is 5.75 Å². The van der Waals surface area contributed by atoms with Gasteiger partial charge in [-0.05, 0) is 43.0 Å². The Hall–Kier alpha value is -1.07. The third kappa shape index (κ3) is 5.13. The standard InChI is InChI=1S/C15H25NO3S/c1-3-4-5-6-7-8-9-13-11-14(17)12(2)10-15(13)20(16,18)19/h10-11,17H,3-9H2,1-2H3,(H2,16,18,19). The molecule has 0 saturated heterocycles. The van der Waals surface area contributed by atoms with E-state index >= 15 is 0 Å². The summed E-state index contributed by atoms with van der Waals surface area (Å²) >= 11 is 0. The topological polar surface area (TPSA) is 80.4 Å². The van der Waals surface area contributed by atoms with Crippen LogP contribution >= 0.6 is 0 Å². The molecule has 0 aliphatic rings. The summed E-state index contributed by atoms with van der Waals surface area (Å²) in [4.78, 5) is 0.140. The Kier molecular flexibility index (Phi) is 6.49. The predicted octanol–water partition coefficient (Wildman–Crippen LogP) is 3.25. The lowest BCUT2D eigenvalue weighted by molar-refractivity contribution is 0.469. The van der Waals surface area contributed by atoms with E-state index in [1.807, 2.05) is 0 Å². The fraction of sp³-hybridized carbons (Fsp3) is 0.600. The van der Waals surface area contributed by atoms with E-state index in [0.717, 1.165) is 19.3 Å². The van der Waals surface area contributed by atoms with Gasteiger partial charge in [0.15, 0.2) is 0 Å². The van der Waals surface area contributed by atoms with Crippen molar-refractivity contribution in [1.82, 2.24) is 0 Å². The molecule has 0 spiro atoms. The van der Waals surface area contributed by atoms with Gasteiger partial charge < -0.3 is 5.11 Å². The zero-order valence-electron chi connectivity index (χ0n) is 12.4. The number of aromatic hydroxyl groups is 1. The van der Waals surface area contributed by atoms with E-state index in [-0.39, 0.29) is 10.6 Å². The van der Waals surface area contributed by atoms with Gasteiger partial charge in [-0.15, -0.1) is 0 Å². The number of phenols is 1. The summed E-state index contributed by atoms with van der Waals surface area (Å²) in [5.41, 5.74) is 1.15. The number of benzene rings is 1. The quantitative estimate of drug-likeness (QED) is 0.723. The van der Waals surface area contributed by atoms with E-state index in [1.54, 1.807) is 6.92 Å². The number of aryl methyl sites for hydroxylation is 2. The molecule has 0 bridgehead atoms. The van der Waals surface area contributed by atoms with Gasteiger partial charge in [0, 0.05) is 0 Å². The third-order valence-electron chi connectivity index (χ3n) is 3.49. The average molecular weight is 299 g/mol. The molecule has 0 atom stereocenters. The largest absolute Gasteiger partial charge is 0.508 e. The Labute approximate surface area is 122 Å². The van der Waals surface area contributed by atoms with Crippen molar-refractivity contribution in [2.24, 2.45) is 5.14 Å². The fourth-order valence-corrected chi connectivity index (χ4v) is 3.14. The van der Waals surface area contributed by atoms with Crippen LogP contribution in [0.1, 0.15) is 56.6 Å². The molecular weight excluding hydrogens is 274 g/mol. The summed E-state index contributed by atoms with van der Waals surface area (Å²) in [6.07, 6.45) is 7.45. The van der Waals surface area contributed by atoms with Crippen molar-refractivity contribution in [2.45, 2.75) is 63.7 Å². The van der Waals surface area contributed by atoms with E-state index < -0.39 is 10.0 Å². The smallest absolute Gasteiger partial charge is 0.238 e. The molecular formula is C15H25NO3S. The Balaban J connectivity index is 2.71. The van der Waals surface area contributed by atoms with E-state index in [2.05, 4.69) is 6.92 Å². The first kappa shape index (κ1) is 17.0. The number of unbranched alkanes of at least 4 members (excludes halogenated alkanes) is 5. The van der Waals surface area contributed by atoms with Crippen molar-refractivity contribution in [3.05, 3.63) is 23.3 Å². The van der Waals surface area contributed by atoms with Crippen LogP contribution in [-0.2, 0) is 16.4 Å². The van der Waals surface area contributed by atoms with Gasteiger partial charge in [0.1, 0.15) is 5.75 Å². The summed E-state index contributed by atoms with van der Waals surface area (Å²) in [5.74, 6) is 0.124. The molecule has 1 aromatic rings. The normalized spacial score (nSPS) is 11.8. The third-order valence-corrected chi connectivity index (χ3v) is 4.48. The Morgan fingerprint density at radius 2 is 1.70 bits per heavy atom. The molecule has 3 N–H and O–H groups in total. The van der Waals surface area contributed by atoms with Gasteiger partial charge in [-0.25, -0.2) is 13.6 Å². The van der Waals surface area contributed by atoms with E-state index in [4.69, 9.17) is 5.14 Å². The molecule has 20 heavy (non-hydrogen) atoms. The maximum atomic E-state index is 11.6. The van der Waals surface area contributed by atoms with Crippen LogP contribution in [0.4, 0.5) is 0 Å². The van der Waals surface area contributed by atoms with Gasteiger partial charge in [-0.2, -0.15) is 0 Å². The highest BCUT2D eigenvalue weighted by Crippen LogP contribution is 2.26. The lowest BCUT2D eigenvalue weighted by Gasteiger charge is -2.10. The molecule has 0 saturated carbocycles. The minimum absolute atomic E-state index is 0.124. The van der Waals surface area contributed by atoms with Gasteiger partial charge in [-0.1, -0.05) is 39.0 Å². The van der Waals surface area contributed by atoms with Crippen molar-refractivity contribution in [2.75, 3.05) is 0 Å². The van der Waals surface area contributed by atoms with Crippen LogP contribution in [0, 0.1) is 6.92 Å². The molecule has 0 fully saturated rings. The van der Waals surface area contributed by atoms with Crippen LogP contribution in [0.3, 0.4) is 0 Å². The van der Waals surface area contributed by atoms with Crippen molar-refractivity contribution in [3.8, 4) is 5.75 Å². The van der Waals surface area contributed by atoms with Crippen LogP contribution in [0.15, 0.2) is 17.0 Å². The number of hydrogen-bond donors (Lipinski definition) is 2. The molecule has 0 heterocycles. The fourth-order valence-electron chi connectivity index (χ4n) is 2.27. The molecule has 4 nitrogen and oxygen atoms in total. The lowest BCUT2D eigenvalue weighted by atomic mass is 10.0. The van der Waals surface area contributed by atoms with E-state index in [0.29, 0.717) is 17.5 Å². The van der Waals surface area contributed by atoms with Crippen LogP contribution in [0.25, 0.3) is 0 Å². The molecule has 0 aliphatic carbocycles. The average Bonchev–Trinajstić information content (AvgIpc) is 2.36. The first-order valence-corrected chi connectivity index (χ1v) is 8.76. The van der Waals surface area contributed by atoms with Gasteiger partial charge in [0.2, 0.25) is 10.0 Å². The number of hydrogen-bond acceptors (Lipinski definition) is 3. The molecule has 1 aromatic carbocycles. The van der Waals surface area contributed by atoms with Gasteiger partial charge >= 0.3 is 0 Å². The maximum Gasteiger partial charge on any atom is 0.238 e. The number of nitrogens with two attached hydrogens (primary N) is 1. The summed E-state index contributed by atoms with van der Waals surface area (Å²) in [5, 5.41) is 15.0. The van der Waals surface area contributed by atoms with Gasteiger partial charge in [-0.3, -0.25) is 0 Å². The number of rotatable bonds is 8. The summed E-state index contributed by atoms with van der Waals surface area (Å²) in [7, 11) is -3.74. The molecule has 0 amide bonds. The zero-order chi connectivity index (χ0) is 15.2. The van der Waals surface area contributed by atoms with Crippen molar-refractivity contribution < 1.29 is 13.5 Å². The summed E-state index contributed by atoms with van der Waals surface area (Å²) in [6, 6.07) is 2.98. The summed E-state index contributed by atoms with van der Waals surface area (Å²) in [6.45, 7) is 3.84. The monoisotopic (exact) mass is 299 g/mol. The molecule has 5 heteroatoms. The van der Waals surface area contributed by atoms with E-state index in [9.17, 15) is 13.5 Å². The van der Waals surface area contributed by atoms with Crippen molar-refractivity contribution >= 4 is 10.0 Å². The first-order chi connectivity index (χ1) is 9.36. The highest BCUT2D eigenvalue weighted by atomic mass is 32.2. The maximum absolute atomic E-state index is 11.6. The second-order valence-corrected chi connectivity index (χ2v) is 6.84. The predicted molar refractivity (Wildman–Crippen MR) is 81.3 cm³/mol. The number of primary sulfonamides is 1. The van der Waals surface area contributed by atoms with Crippen molar-refractivity contribution in [1.29, 1.82) is 0 Å². The Morgan fingerprint density at radius 3 is 2.30 bits per heavy atom. The van der Waals surface area contributed by atoms with Crippen molar-refractivity contribution in [3.63, 3.8) is 0 Å². The second kappa shape index (κ2) is 7.64. The molecule has 0 radical (unpaired) electrons. The van der Waals surface area contributed by atoms with E-state index in [1.165, 1.54) is 31.4 Å². The number of phenolic OH excluding ortho intramolecular Hbond substituents is 1. The van der Waals surface area contributed by atoms with Gasteiger partial charge in [0.05, 0.1) is 4.90 Å². The zero-order valence-corrected chi connectivity index (χ0v) is 13.2. The highest BCUT2D eigenvalue weighted by molar-refractivity contribution is 7.89. The minimum Gasteiger partial charge on any atom is -0.508 e. The highest BCUT2D eigenvalue weighted by Gasteiger charge is 2.16. The first-order valence-electron chi connectivity index (χ1n) is 7.21. The van der Waals surface area contributed by atoms with Crippen LogP contribution < -0.4 is 5.14 Å². The summed E-state index contributed by atoms with van der Waals surface area (Å²) < 4.78 is 23.2. The molecule has 114 valence electrons.